The lowest BCUT2D eigenvalue weighted by Gasteiger charge is -2.35. The Balaban J connectivity index is 2.06. The van der Waals surface area contributed by atoms with E-state index in [9.17, 15) is 9.59 Å². The Labute approximate surface area is 152 Å². The maximum atomic E-state index is 12.6. The highest BCUT2D eigenvalue weighted by Crippen LogP contribution is 2.47. The number of anilines is 1. The normalized spacial score (nSPS) is 24.5. The van der Waals surface area contributed by atoms with E-state index in [4.69, 9.17) is 14.2 Å². The lowest BCUT2D eigenvalue weighted by atomic mass is 9.79. The molecule has 6 heteroatoms. The zero-order valence-corrected chi connectivity index (χ0v) is 15.2. The highest BCUT2D eigenvalue weighted by molar-refractivity contribution is 6.05. The molecule has 26 heavy (non-hydrogen) atoms. The number of ether oxygens (including phenoxy) is 3. The molecular weight excluding hydrogens is 334 g/mol. The zero-order chi connectivity index (χ0) is 18.7. The Morgan fingerprint density at radius 3 is 2.50 bits per heavy atom. The van der Waals surface area contributed by atoms with Gasteiger partial charge < -0.3 is 19.5 Å². The van der Waals surface area contributed by atoms with E-state index in [0.29, 0.717) is 0 Å². The van der Waals surface area contributed by atoms with E-state index >= 15 is 0 Å². The minimum atomic E-state index is -1.06. The molecule has 1 N–H and O–H groups in total. The first kappa shape index (κ1) is 18.2. The molecule has 6 nitrogen and oxygen atoms in total. The number of hydrogen-bond donors (Lipinski definition) is 1. The van der Waals surface area contributed by atoms with E-state index in [2.05, 4.69) is 12.2 Å². The molecule has 0 fully saturated rings. The van der Waals surface area contributed by atoms with Crippen molar-refractivity contribution in [2.75, 3.05) is 19.5 Å². The van der Waals surface area contributed by atoms with Crippen LogP contribution in [0.15, 0.2) is 53.6 Å². The summed E-state index contributed by atoms with van der Waals surface area (Å²) >= 11 is 0. The van der Waals surface area contributed by atoms with Crippen molar-refractivity contribution in [3.8, 4) is 0 Å². The molecule has 0 aromatic heterocycles. The third-order valence-corrected chi connectivity index (χ3v) is 4.79. The predicted octanol–water partition coefficient (Wildman–Crippen LogP) is 2.62. The Kier molecular flexibility index (Phi) is 5.13. The number of benzene rings is 1. The number of nitrogens with one attached hydrogen (secondary N) is 1. The van der Waals surface area contributed by atoms with Crippen LogP contribution in [0.5, 0.6) is 0 Å². The summed E-state index contributed by atoms with van der Waals surface area (Å²) < 4.78 is 16.0. The molecule has 0 spiro atoms. The monoisotopic (exact) mass is 357 g/mol. The second-order valence-corrected chi connectivity index (χ2v) is 6.31. The molecule has 0 saturated heterocycles. The van der Waals surface area contributed by atoms with E-state index in [-0.39, 0.29) is 17.2 Å². The van der Waals surface area contributed by atoms with Crippen LogP contribution in [-0.2, 0) is 23.8 Å². The van der Waals surface area contributed by atoms with Crippen LogP contribution in [0.1, 0.15) is 19.8 Å². The first-order valence-electron chi connectivity index (χ1n) is 8.67. The van der Waals surface area contributed by atoms with Gasteiger partial charge in [-0.05, 0) is 24.6 Å². The molecule has 138 valence electrons. The van der Waals surface area contributed by atoms with Crippen molar-refractivity contribution in [3.63, 3.8) is 0 Å². The van der Waals surface area contributed by atoms with E-state index in [0.717, 1.165) is 18.5 Å². The minimum Gasteiger partial charge on any atom is -0.466 e. The van der Waals surface area contributed by atoms with Crippen LogP contribution in [0.3, 0.4) is 0 Å². The van der Waals surface area contributed by atoms with E-state index in [1.807, 2.05) is 36.4 Å². The third kappa shape index (κ3) is 2.90. The predicted molar refractivity (Wildman–Crippen MR) is 96.6 cm³/mol. The fourth-order valence-corrected chi connectivity index (χ4v) is 3.66. The Bertz CT molecular complexity index is 755. The van der Waals surface area contributed by atoms with Gasteiger partial charge in [-0.3, -0.25) is 0 Å². The largest absolute Gasteiger partial charge is 0.466 e. The smallest absolute Gasteiger partial charge is 0.337 e. The fraction of sp³-hybridized carbons (Fsp3) is 0.400. The van der Waals surface area contributed by atoms with Crippen molar-refractivity contribution in [1.29, 1.82) is 0 Å². The molecule has 2 bridgehead atoms. The topological polar surface area (TPSA) is 73.9 Å². The molecule has 2 heterocycles. The van der Waals surface area contributed by atoms with Crippen LogP contribution in [0.4, 0.5) is 5.69 Å². The number of hydrogen-bond acceptors (Lipinski definition) is 6. The van der Waals surface area contributed by atoms with Crippen LogP contribution >= 0.6 is 0 Å². The quantitative estimate of drug-likeness (QED) is 0.597. The van der Waals surface area contributed by atoms with Crippen LogP contribution in [0.25, 0.3) is 0 Å². The summed E-state index contributed by atoms with van der Waals surface area (Å²) in [6.45, 7) is 2.06. The maximum absolute atomic E-state index is 12.6. The summed E-state index contributed by atoms with van der Waals surface area (Å²) in [6, 6.07) is 9.46. The number of methoxy groups -OCH3 is 2. The SMILES string of the molecule is CCC[C@@H](Nc1ccccc1)C12C=CC(O1)C(C(=O)OC)=C2C(=O)OC. The lowest BCUT2D eigenvalue weighted by molar-refractivity contribution is -0.139. The molecule has 0 amide bonds. The summed E-state index contributed by atoms with van der Waals surface area (Å²) in [5, 5.41) is 3.46. The van der Waals surface area contributed by atoms with Crippen molar-refractivity contribution in [2.24, 2.45) is 0 Å². The van der Waals surface area contributed by atoms with Gasteiger partial charge in [-0.1, -0.05) is 37.6 Å². The van der Waals surface area contributed by atoms with Gasteiger partial charge in [-0.2, -0.15) is 0 Å². The molecule has 2 aliphatic rings. The second kappa shape index (κ2) is 7.33. The summed E-state index contributed by atoms with van der Waals surface area (Å²) in [4.78, 5) is 24.9. The average Bonchev–Trinajstić information content (AvgIpc) is 3.25. The van der Waals surface area contributed by atoms with E-state index in [1.165, 1.54) is 14.2 Å². The van der Waals surface area contributed by atoms with Crippen molar-refractivity contribution in [2.45, 2.75) is 37.5 Å². The average molecular weight is 357 g/mol. The molecule has 2 unspecified atom stereocenters. The molecule has 1 aromatic carbocycles. The van der Waals surface area contributed by atoms with Crippen molar-refractivity contribution in [1.82, 2.24) is 0 Å². The number of rotatable bonds is 7. The third-order valence-electron chi connectivity index (χ3n) is 4.79. The van der Waals surface area contributed by atoms with Gasteiger partial charge in [0.2, 0.25) is 0 Å². The summed E-state index contributed by atoms with van der Waals surface area (Å²) in [5.74, 6) is -1.15. The summed E-state index contributed by atoms with van der Waals surface area (Å²) in [7, 11) is 2.59. The second-order valence-electron chi connectivity index (χ2n) is 6.31. The summed E-state index contributed by atoms with van der Waals surface area (Å²) in [5.41, 5.74) is 0.295. The van der Waals surface area contributed by atoms with Gasteiger partial charge in [-0.15, -0.1) is 0 Å². The Hall–Kier alpha value is -2.60. The van der Waals surface area contributed by atoms with Gasteiger partial charge >= 0.3 is 11.9 Å². The number of carbonyl (C=O) groups is 2. The molecule has 3 rings (SSSR count). The van der Waals surface area contributed by atoms with Crippen LogP contribution in [-0.4, -0.2) is 43.9 Å². The number of fused-ring (bicyclic) bond motifs is 2. The number of esters is 2. The van der Waals surface area contributed by atoms with Gasteiger partial charge in [0.15, 0.2) is 0 Å². The van der Waals surface area contributed by atoms with Crippen molar-refractivity contribution < 1.29 is 23.8 Å². The van der Waals surface area contributed by atoms with Crippen LogP contribution < -0.4 is 5.32 Å². The van der Waals surface area contributed by atoms with Gasteiger partial charge in [0.05, 0.1) is 31.4 Å². The standard InChI is InChI=1S/C20H23NO5/c1-4-8-15(21-13-9-6-5-7-10-13)20-12-11-14(26-20)16(18(22)24-2)17(20)19(23)25-3/h5-7,9-12,14-15,21H,4,8H2,1-3H3/t14?,15-,20?/m1/s1. The first-order valence-corrected chi connectivity index (χ1v) is 8.67. The molecular formula is C20H23NO5. The first-order chi connectivity index (χ1) is 12.6. The molecule has 0 aliphatic carbocycles. The van der Waals surface area contributed by atoms with Gasteiger partial charge in [-0.25, -0.2) is 9.59 Å². The van der Waals surface area contributed by atoms with Gasteiger partial charge in [0.1, 0.15) is 11.7 Å². The highest BCUT2D eigenvalue weighted by Gasteiger charge is 2.58. The molecule has 1 aromatic rings. The number of para-hydroxylation sites is 1. The molecule has 3 atom stereocenters. The maximum Gasteiger partial charge on any atom is 0.337 e. The Morgan fingerprint density at radius 1 is 1.19 bits per heavy atom. The van der Waals surface area contributed by atoms with Gasteiger partial charge in [0.25, 0.3) is 0 Å². The lowest BCUT2D eigenvalue weighted by Crippen LogP contribution is -2.48. The molecule has 0 radical (unpaired) electrons. The Morgan fingerprint density at radius 2 is 1.88 bits per heavy atom. The minimum absolute atomic E-state index is 0.220. The van der Waals surface area contributed by atoms with E-state index < -0.39 is 23.6 Å². The van der Waals surface area contributed by atoms with Crippen molar-refractivity contribution >= 4 is 17.6 Å². The zero-order valence-electron chi connectivity index (χ0n) is 15.2. The van der Waals surface area contributed by atoms with Crippen molar-refractivity contribution in [3.05, 3.63) is 53.6 Å². The molecule has 0 saturated carbocycles. The van der Waals surface area contributed by atoms with Crippen LogP contribution in [0.2, 0.25) is 0 Å². The molecule has 2 aliphatic heterocycles. The highest BCUT2D eigenvalue weighted by atomic mass is 16.6. The number of carbonyl (C=O) groups excluding carboxylic acids is 2. The fourth-order valence-electron chi connectivity index (χ4n) is 3.66. The van der Waals surface area contributed by atoms with E-state index in [1.54, 1.807) is 6.08 Å². The van der Waals surface area contributed by atoms with Gasteiger partial charge in [0, 0.05) is 5.69 Å². The summed E-state index contributed by atoms with van der Waals surface area (Å²) in [6.07, 6.45) is 4.66. The van der Waals surface area contributed by atoms with Crippen LogP contribution in [0, 0.1) is 0 Å².